The number of halogens is 5. The number of hydrogen-bond acceptors (Lipinski definition) is 5. The van der Waals surface area contributed by atoms with Crippen molar-refractivity contribution in [1.82, 2.24) is 0 Å². The van der Waals surface area contributed by atoms with E-state index in [9.17, 15) is 10.1 Å². The van der Waals surface area contributed by atoms with Gasteiger partial charge in [-0.05, 0) is 42.8 Å². The number of nitro benzene ring substituents is 1. The molecule has 0 heterocycles. The van der Waals surface area contributed by atoms with Crippen molar-refractivity contribution in [1.29, 1.82) is 0 Å². The maximum Gasteiger partial charge on any atom is 0.269 e. The summed E-state index contributed by atoms with van der Waals surface area (Å²) < 4.78 is 0. The number of hydrogen-bond donors (Lipinski definition) is 3. The zero-order valence-corrected chi connectivity index (χ0v) is 25.2. The van der Waals surface area contributed by atoms with Crippen LogP contribution in [-0.4, -0.2) is 4.92 Å². The molecule has 26 heavy (non-hydrogen) atoms. The van der Waals surface area contributed by atoms with Crippen molar-refractivity contribution < 1.29 is 18.2 Å². The van der Waals surface area contributed by atoms with Gasteiger partial charge in [-0.15, -0.1) is 0 Å². The molecule has 0 bridgehead atoms. The molecule has 0 aliphatic carbocycles. The molecule has 2 rings (SSSR count). The summed E-state index contributed by atoms with van der Waals surface area (Å²) in [6, 6.07) is 11.2. The summed E-state index contributed by atoms with van der Waals surface area (Å²) in [6.45, 7) is 5.94. The molecule has 2 aromatic carbocycles. The smallest absolute Gasteiger partial charge is 0.269 e. The molecule has 150 valence electrons. The Kier molecular flexibility index (Phi) is 26.9. The fraction of sp³-hybridized carbons (Fsp3) is 0.200. The van der Waals surface area contributed by atoms with Crippen molar-refractivity contribution in [2.24, 2.45) is 0 Å². The van der Waals surface area contributed by atoms with Crippen LogP contribution in [0.25, 0.3) is 0 Å². The second-order valence-electron chi connectivity index (χ2n) is 4.02. The zero-order valence-electron chi connectivity index (χ0n) is 14.4. The van der Waals surface area contributed by atoms with E-state index in [2.05, 4.69) is 74.5 Å². The van der Waals surface area contributed by atoms with Crippen LogP contribution in [0.3, 0.4) is 0 Å². The number of nitrogens with two attached hydrogens (primary N) is 3. The summed E-state index contributed by atoms with van der Waals surface area (Å²) in [5.41, 5.74) is 19.5. The van der Waals surface area contributed by atoms with Crippen molar-refractivity contribution in [3.63, 3.8) is 0 Å². The van der Waals surface area contributed by atoms with Crippen LogP contribution in [0.1, 0.15) is 19.4 Å². The predicted octanol–water partition coefficient (Wildman–Crippen LogP) is 3.91. The third-order valence-corrected chi connectivity index (χ3v) is 2.40. The molecule has 0 unspecified atom stereocenters. The van der Waals surface area contributed by atoms with Crippen LogP contribution >= 0.6 is 74.5 Å². The number of benzene rings is 2. The van der Waals surface area contributed by atoms with E-state index in [-0.39, 0.29) is 5.69 Å². The molecule has 2 aromatic rings. The number of nitro groups is 1. The maximum atomic E-state index is 10.1. The number of nitrogen functional groups attached to an aromatic ring is 3. The average Bonchev–Trinajstić information content (AvgIpc) is 2.63. The van der Waals surface area contributed by atoms with Crippen molar-refractivity contribution in [2.45, 2.75) is 20.8 Å². The van der Waals surface area contributed by atoms with Gasteiger partial charge < -0.3 is 17.2 Å². The summed E-state index contributed by atoms with van der Waals surface area (Å²) in [7, 11) is 0. The largest absolute Gasteiger partial charge is 0.399 e. The summed E-state index contributed by atoms with van der Waals surface area (Å²) >= 11 is 9.54. The summed E-state index contributed by atoms with van der Waals surface area (Å²) in [5, 5.41) is 10.1. The number of non-ortho nitro benzene ring substituents is 1. The molecule has 0 amide bonds. The third-order valence-electron chi connectivity index (χ3n) is 2.40. The first-order chi connectivity index (χ1) is 12.3. The van der Waals surface area contributed by atoms with E-state index in [4.69, 9.17) is 17.2 Å². The third kappa shape index (κ3) is 18.3. The molecule has 0 saturated heterocycles. The van der Waals surface area contributed by atoms with Crippen molar-refractivity contribution in [2.75, 3.05) is 17.2 Å². The molecule has 0 aromatic heterocycles. The van der Waals surface area contributed by atoms with Crippen molar-refractivity contribution in [3.8, 4) is 0 Å². The summed E-state index contributed by atoms with van der Waals surface area (Å²) in [4.78, 5) is 9.62. The van der Waals surface area contributed by atoms with E-state index >= 15 is 0 Å². The van der Waals surface area contributed by atoms with Gasteiger partial charge in [0.1, 0.15) is 0 Å². The molecular weight excluding hydrogens is 903 g/mol. The Morgan fingerprint density at radius 3 is 1.62 bits per heavy atom. The molecule has 11 heteroatoms. The molecule has 0 spiro atoms. The summed E-state index contributed by atoms with van der Waals surface area (Å²) in [6.07, 6.45) is 0. The van der Waals surface area contributed by atoms with Crippen LogP contribution in [0.2, 0.25) is 0 Å². The first-order valence-corrected chi connectivity index (χ1v) is 25.8. The van der Waals surface area contributed by atoms with E-state index in [0.29, 0.717) is 18.9 Å². The average molecular weight is 925 g/mol. The van der Waals surface area contributed by atoms with Gasteiger partial charge in [-0.25, -0.2) is 0 Å². The monoisotopic (exact) mass is 925 g/mol. The molecule has 0 radical (unpaired) electrons. The van der Waals surface area contributed by atoms with Gasteiger partial charge in [0.2, 0.25) is 0 Å². The topological polar surface area (TPSA) is 121 Å². The number of anilines is 3. The number of nitrogens with zero attached hydrogens (tertiary/aromatic N) is 1. The first kappa shape index (κ1) is 31.6. The number of rotatable bonds is 1. The van der Waals surface area contributed by atoms with Gasteiger partial charge in [0.15, 0.2) is 0 Å². The quantitative estimate of drug-likeness (QED) is 0.174. The van der Waals surface area contributed by atoms with E-state index in [1.54, 1.807) is 6.07 Å². The van der Waals surface area contributed by atoms with Gasteiger partial charge >= 0.3 is 50.5 Å². The van der Waals surface area contributed by atoms with E-state index in [1.807, 2.05) is 32.9 Å². The van der Waals surface area contributed by atoms with Gasteiger partial charge in [0.05, 0.1) is 4.92 Å². The van der Waals surface area contributed by atoms with Gasteiger partial charge in [-0.3, -0.25) is 10.1 Å². The SMILES string of the molecule is CC.Cc1cc(N)ccc1N.II.I[I-]I.Nc1ccc([N+](=O)[O-])cc1. The van der Waals surface area contributed by atoms with Crippen LogP contribution < -0.4 is 30.5 Å². The van der Waals surface area contributed by atoms with Crippen LogP contribution in [0, 0.1) is 17.0 Å². The van der Waals surface area contributed by atoms with Gasteiger partial charge in [0.25, 0.3) is 5.69 Å². The second-order valence-corrected chi connectivity index (χ2v) is 20.3. The predicted molar refractivity (Wildman–Crippen MR) is 145 cm³/mol. The summed E-state index contributed by atoms with van der Waals surface area (Å²) in [5.74, 6) is 0. The maximum absolute atomic E-state index is 10.1. The Bertz CT molecular complexity index is 601. The molecule has 6 nitrogen and oxygen atoms in total. The minimum absolute atomic E-state index is 0.0641. The molecule has 0 fully saturated rings. The van der Waals surface area contributed by atoms with Crippen LogP contribution in [0.4, 0.5) is 22.7 Å². The zero-order chi connectivity index (χ0) is 21.1. The number of aryl methyl sites for hydroxylation is 1. The van der Waals surface area contributed by atoms with Crippen LogP contribution in [0.5, 0.6) is 0 Å². The Hall–Kier alpha value is 0.890. The standard InChI is InChI=1S/C7H10N2.C6H6N2O2.C2H6.I3.I2/c1-5-4-6(8)2-3-7(5)9;7-5-1-3-6(4-2-5)8(9)10;1-2;1-3-2;1-2/h2-4H,8-9H2,1H3;1-4H,7H2;1-2H3;;/q;;;-1;. The first-order valence-electron chi connectivity index (χ1n) is 6.94. The fourth-order valence-electron chi connectivity index (χ4n) is 1.29. The Labute approximate surface area is 208 Å². The minimum Gasteiger partial charge on any atom is -0.399 e. The molecule has 0 saturated carbocycles. The molecule has 0 aliphatic rings. The van der Waals surface area contributed by atoms with Crippen LogP contribution in [0.15, 0.2) is 42.5 Å². The second kappa shape index (κ2) is 22.2. The van der Waals surface area contributed by atoms with E-state index < -0.39 is 4.92 Å². The van der Waals surface area contributed by atoms with Crippen molar-refractivity contribution >= 4 is 97.2 Å². The van der Waals surface area contributed by atoms with Gasteiger partial charge in [-0.1, -0.05) is 13.8 Å². The van der Waals surface area contributed by atoms with E-state index in [0.717, 1.165) is 16.9 Å². The Balaban J connectivity index is -0.000000305. The van der Waals surface area contributed by atoms with Crippen molar-refractivity contribution in [3.05, 3.63) is 58.1 Å². The minimum atomic E-state index is -0.459. The Morgan fingerprint density at radius 2 is 1.31 bits per heavy atom. The fourth-order valence-corrected chi connectivity index (χ4v) is 1.29. The molecule has 6 N–H and O–H groups in total. The normalized spacial score (nSPS) is 8.12. The van der Waals surface area contributed by atoms with Gasteiger partial charge in [-0.2, -0.15) is 0 Å². The Morgan fingerprint density at radius 1 is 0.923 bits per heavy atom. The van der Waals surface area contributed by atoms with Gasteiger partial charge in [0, 0.05) is 66.4 Å². The molecule has 0 aliphatic heterocycles. The van der Waals surface area contributed by atoms with E-state index in [1.165, 1.54) is 24.3 Å². The molecular formula is C15H22I5N4O2-. The van der Waals surface area contributed by atoms with Crippen LogP contribution in [-0.2, 0) is 0 Å². The molecule has 0 atom stereocenters.